The van der Waals surface area contributed by atoms with Crippen LogP contribution in [0.4, 0.5) is 11.5 Å². The van der Waals surface area contributed by atoms with Gasteiger partial charge in [-0.25, -0.2) is 4.98 Å². The van der Waals surface area contributed by atoms with E-state index in [1.165, 1.54) is 0 Å². The Kier molecular flexibility index (Phi) is 3.44. The normalized spacial score (nSPS) is 9.78. The Morgan fingerprint density at radius 3 is 2.67 bits per heavy atom. The molecule has 1 aromatic carbocycles. The van der Waals surface area contributed by atoms with Crippen LogP contribution in [-0.2, 0) is 6.54 Å². The highest BCUT2D eigenvalue weighted by molar-refractivity contribution is 5.51. The SMILES string of the molecule is Cc1cc(NCc2ccc(C#N)cc2)ncc1N. The summed E-state index contributed by atoms with van der Waals surface area (Å²) < 4.78 is 0. The summed E-state index contributed by atoms with van der Waals surface area (Å²) in [4.78, 5) is 4.20. The fourth-order valence-corrected chi connectivity index (χ4v) is 1.55. The van der Waals surface area contributed by atoms with Crippen LogP contribution in [0.1, 0.15) is 16.7 Å². The molecular formula is C14H14N4. The molecule has 0 unspecified atom stereocenters. The zero-order valence-corrected chi connectivity index (χ0v) is 10.1. The number of nitrogens with one attached hydrogen (secondary N) is 1. The Morgan fingerprint density at radius 1 is 1.33 bits per heavy atom. The zero-order valence-electron chi connectivity index (χ0n) is 10.1. The molecule has 0 saturated heterocycles. The Hall–Kier alpha value is -2.54. The van der Waals surface area contributed by atoms with Crippen LogP contribution >= 0.6 is 0 Å². The number of hydrogen-bond donors (Lipinski definition) is 2. The van der Waals surface area contributed by atoms with E-state index in [-0.39, 0.29) is 0 Å². The van der Waals surface area contributed by atoms with Crippen molar-refractivity contribution in [1.82, 2.24) is 4.98 Å². The van der Waals surface area contributed by atoms with Crippen LogP contribution < -0.4 is 11.1 Å². The van der Waals surface area contributed by atoms with Gasteiger partial charge in [-0.3, -0.25) is 0 Å². The summed E-state index contributed by atoms with van der Waals surface area (Å²) in [5.41, 5.74) is 9.18. The maximum Gasteiger partial charge on any atom is 0.126 e. The molecule has 4 nitrogen and oxygen atoms in total. The molecule has 0 bridgehead atoms. The van der Waals surface area contributed by atoms with Crippen molar-refractivity contribution in [1.29, 1.82) is 5.26 Å². The predicted octanol–water partition coefficient (Wildman–Crippen LogP) is 2.46. The van der Waals surface area contributed by atoms with E-state index in [9.17, 15) is 0 Å². The number of pyridine rings is 1. The minimum Gasteiger partial charge on any atom is -0.397 e. The fraction of sp³-hybridized carbons (Fsp3) is 0.143. The van der Waals surface area contributed by atoms with Crippen LogP contribution in [0, 0.1) is 18.3 Å². The first kappa shape index (κ1) is 11.9. The number of benzene rings is 1. The first-order chi connectivity index (χ1) is 8.69. The van der Waals surface area contributed by atoms with Gasteiger partial charge >= 0.3 is 0 Å². The number of nitriles is 1. The summed E-state index contributed by atoms with van der Waals surface area (Å²) in [5.74, 6) is 0.797. The molecule has 90 valence electrons. The molecule has 3 N–H and O–H groups in total. The van der Waals surface area contributed by atoms with E-state index in [1.807, 2.05) is 25.1 Å². The largest absolute Gasteiger partial charge is 0.397 e. The lowest BCUT2D eigenvalue weighted by molar-refractivity contribution is 1.11. The first-order valence-electron chi connectivity index (χ1n) is 5.64. The van der Waals surface area contributed by atoms with Crippen molar-refractivity contribution in [3.63, 3.8) is 0 Å². The van der Waals surface area contributed by atoms with Gasteiger partial charge in [-0.2, -0.15) is 5.26 Å². The second-order valence-corrected chi connectivity index (χ2v) is 4.09. The van der Waals surface area contributed by atoms with E-state index in [4.69, 9.17) is 11.0 Å². The van der Waals surface area contributed by atoms with Crippen LogP contribution in [0.25, 0.3) is 0 Å². The molecule has 0 radical (unpaired) electrons. The van der Waals surface area contributed by atoms with E-state index in [0.717, 1.165) is 16.9 Å². The van der Waals surface area contributed by atoms with Gasteiger partial charge in [0.05, 0.1) is 23.5 Å². The van der Waals surface area contributed by atoms with Crippen LogP contribution in [0.3, 0.4) is 0 Å². The second-order valence-electron chi connectivity index (χ2n) is 4.09. The van der Waals surface area contributed by atoms with Crippen molar-refractivity contribution in [2.45, 2.75) is 13.5 Å². The highest BCUT2D eigenvalue weighted by Crippen LogP contribution is 2.14. The van der Waals surface area contributed by atoms with E-state index < -0.39 is 0 Å². The monoisotopic (exact) mass is 238 g/mol. The van der Waals surface area contributed by atoms with Crippen molar-refractivity contribution in [3.05, 3.63) is 53.2 Å². The van der Waals surface area contributed by atoms with E-state index >= 15 is 0 Å². The van der Waals surface area contributed by atoms with Crippen molar-refractivity contribution in [2.24, 2.45) is 0 Å². The molecule has 0 fully saturated rings. The standard InChI is InChI=1S/C14H14N4/c1-10-6-14(18-9-13(10)16)17-8-12-4-2-11(7-15)3-5-12/h2-6,9H,8,16H2,1H3,(H,17,18). The lowest BCUT2D eigenvalue weighted by Gasteiger charge is -2.07. The van der Waals surface area contributed by atoms with Crippen molar-refractivity contribution < 1.29 is 0 Å². The van der Waals surface area contributed by atoms with E-state index in [0.29, 0.717) is 17.8 Å². The van der Waals surface area contributed by atoms with Gasteiger partial charge in [-0.15, -0.1) is 0 Å². The number of aryl methyl sites for hydroxylation is 1. The first-order valence-corrected chi connectivity index (χ1v) is 5.64. The van der Waals surface area contributed by atoms with Gasteiger partial charge in [0.15, 0.2) is 0 Å². The number of nitrogens with zero attached hydrogens (tertiary/aromatic N) is 2. The third kappa shape index (κ3) is 2.77. The van der Waals surface area contributed by atoms with E-state index in [1.54, 1.807) is 18.3 Å². The molecule has 0 aliphatic carbocycles. The molecule has 18 heavy (non-hydrogen) atoms. The summed E-state index contributed by atoms with van der Waals surface area (Å²) in [5, 5.41) is 11.9. The highest BCUT2D eigenvalue weighted by Gasteiger charge is 1.99. The summed E-state index contributed by atoms with van der Waals surface area (Å²) in [6, 6.07) is 11.5. The molecule has 0 amide bonds. The van der Waals surface area contributed by atoms with Crippen molar-refractivity contribution in [2.75, 3.05) is 11.1 Å². The highest BCUT2D eigenvalue weighted by atomic mass is 15.0. The molecule has 0 atom stereocenters. The Labute approximate surface area is 106 Å². The summed E-state index contributed by atoms with van der Waals surface area (Å²) in [6.07, 6.45) is 1.65. The number of hydrogen-bond acceptors (Lipinski definition) is 4. The molecular weight excluding hydrogens is 224 g/mol. The molecule has 2 rings (SSSR count). The number of aromatic nitrogens is 1. The molecule has 1 heterocycles. The molecule has 0 aliphatic heterocycles. The van der Waals surface area contributed by atoms with Crippen LogP contribution in [0.15, 0.2) is 36.5 Å². The molecule has 0 aliphatic rings. The quantitative estimate of drug-likeness (QED) is 0.861. The van der Waals surface area contributed by atoms with Gasteiger partial charge in [-0.05, 0) is 36.2 Å². The van der Waals surface area contributed by atoms with Gasteiger partial charge in [0.1, 0.15) is 5.82 Å². The Balaban J connectivity index is 2.02. The lowest BCUT2D eigenvalue weighted by atomic mass is 10.1. The molecule has 2 aromatic rings. The second kappa shape index (κ2) is 5.19. The summed E-state index contributed by atoms with van der Waals surface area (Å²) >= 11 is 0. The molecule has 1 aromatic heterocycles. The summed E-state index contributed by atoms with van der Waals surface area (Å²) in [7, 11) is 0. The number of rotatable bonds is 3. The third-order valence-electron chi connectivity index (χ3n) is 2.71. The zero-order chi connectivity index (χ0) is 13.0. The average molecular weight is 238 g/mol. The average Bonchev–Trinajstić information content (AvgIpc) is 2.41. The van der Waals surface area contributed by atoms with Gasteiger partial charge in [0.25, 0.3) is 0 Å². The number of anilines is 2. The van der Waals surface area contributed by atoms with Gasteiger partial charge in [0.2, 0.25) is 0 Å². The van der Waals surface area contributed by atoms with Crippen molar-refractivity contribution in [3.8, 4) is 6.07 Å². The molecule has 4 heteroatoms. The predicted molar refractivity (Wildman–Crippen MR) is 71.9 cm³/mol. The smallest absolute Gasteiger partial charge is 0.126 e. The number of nitrogen functional groups attached to an aromatic ring is 1. The molecule has 0 saturated carbocycles. The van der Waals surface area contributed by atoms with Crippen LogP contribution in [0.5, 0.6) is 0 Å². The maximum absolute atomic E-state index is 8.71. The Bertz CT molecular complexity index is 582. The van der Waals surface area contributed by atoms with Crippen LogP contribution in [0.2, 0.25) is 0 Å². The lowest BCUT2D eigenvalue weighted by Crippen LogP contribution is -2.02. The van der Waals surface area contributed by atoms with Crippen molar-refractivity contribution >= 4 is 11.5 Å². The van der Waals surface area contributed by atoms with Gasteiger partial charge in [0, 0.05) is 6.54 Å². The minimum atomic E-state index is 0.667. The minimum absolute atomic E-state index is 0.667. The third-order valence-corrected chi connectivity index (χ3v) is 2.71. The summed E-state index contributed by atoms with van der Waals surface area (Å²) in [6.45, 7) is 2.62. The molecule has 0 spiro atoms. The fourth-order valence-electron chi connectivity index (χ4n) is 1.55. The van der Waals surface area contributed by atoms with Gasteiger partial charge < -0.3 is 11.1 Å². The Morgan fingerprint density at radius 2 is 2.06 bits per heavy atom. The van der Waals surface area contributed by atoms with Gasteiger partial charge in [-0.1, -0.05) is 12.1 Å². The maximum atomic E-state index is 8.71. The topological polar surface area (TPSA) is 74.7 Å². The number of nitrogens with two attached hydrogens (primary N) is 1. The van der Waals surface area contributed by atoms with E-state index in [2.05, 4.69) is 16.4 Å². The van der Waals surface area contributed by atoms with Crippen LogP contribution in [-0.4, -0.2) is 4.98 Å².